The van der Waals surface area contributed by atoms with Gasteiger partial charge in [-0.2, -0.15) is 0 Å². The van der Waals surface area contributed by atoms with Gasteiger partial charge >= 0.3 is 0 Å². The fourth-order valence-corrected chi connectivity index (χ4v) is 2.11. The second-order valence-electron chi connectivity index (χ2n) is 4.44. The van der Waals surface area contributed by atoms with E-state index >= 15 is 0 Å². The SMILES string of the molecule is Nc1nc2c(F)cc(F)cc2n1Cc1ccc(F)cc1. The number of nitrogen functional groups attached to an aromatic ring is 1. The molecule has 6 heteroatoms. The Morgan fingerprint density at radius 2 is 1.70 bits per heavy atom. The summed E-state index contributed by atoms with van der Waals surface area (Å²) in [6, 6.07) is 7.71. The summed E-state index contributed by atoms with van der Waals surface area (Å²) in [4.78, 5) is 3.89. The Morgan fingerprint density at radius 1 is 1.00 bits per heavy atom. The molecule has 0 aliphatic heterocycles. The van der Waals surface area contributed by atoms with Crippen molar-refractivity contribution in [2.45, 2.75) is 6.54 Å². The predicted molar refractivity (Wildman–Crippen MR) is 69.6 cm³/mol. The maximum atomic E-state index is 13.6. The molecule has 2 N–H and O–H groups in total. The number of nitrogens with two attached hydrogens (primary N) is 1. The second kappa shape index (κ2) is 4.56. The summed E-state index contributed by atoms with van der Waals surface area (Å²) in [7, 11) is 0. The smallest absolute Gasteiger partial charge is 0.201 e. The highest BCUT2D eigenvalue weighted by molar-refractivity contribution is 5.79. The highest BCUT2D eigenvalue weighted by Crippen LogP contribution is 2.23. The first-order valence-corrected chi connectivity index (χ1v) is 5.90. The van der Waals surface area contributed by atoms with Gasteiger partial charge in [0.15, 0.2) is 5.82 Å². The zero-order valence-corrected chi connectivity index (χ0v) is 10.3. The molecule has 20 heavy (non-hydrogen) atoms. The van der Waals surface area contributed by atoms with Gasteiger partial charge in [0.05, 0.1) is 12.1 Å². The molecule has 0 saturated carbocycles. The van der Waals surface area contributed by atoms with Crippen LogP contribution < -0.4 is 5.73 Å². The van der Waals surface area contributed by atoms with Crippen LogP contribution in [0.5, 0.6) is 0 Å². The van der Waals surface area contributed by atoms with Crippen LogP contribution in [0.1, 0.15) is 5.56 Å². The van der Waals surface area contributed by atoms with Gasteiger partial charge in [0.1, 0.15) is 17.2 Å². The number of fused-ring (bicyclic) bond motifs is 1. The molecule has 0 saturated heterocycles. The van der Waals surface area contributed by atoms with Crippen LogP contribution in [-0.4, -0.2) is 9.55 Å². The molecule has 0 radical (unpaired) electrons. The van der Waals surface area contributed by atoms with Crippen molar-refractivity contribution in [2.75, 3.05) is 5.73 Å². The summed E-state index contributed by atoms with van der Waals surface area (Å²) in [5.41, 5.74) is 6.78. The van der Waals surface area contributed by atoms with Crippen LogP contribution in [0.25, 0.3) is 11.0 Å². The zero-order valence-electron chi connectivity index (χ0n) is 10.3. The average molecular weight is 277 g/mol. The molecule has 1 heterocycles. The summed E-state index contributed by atoms with van der Waals surface area (Å²) in [6.07, 6.45) is 0. The molecule has 102 valence electrons. The van der Waals surface area contributed by atoms with Crippen LogP contribution in [0.2, 0.25) is 0 Å². The Bertz CT molecular complexity index is 778. The van der Waals surface area contributed by atoms with Gasteiger partial charge in [0.25, 0.3) is 0 Å². The first-order valence-electron chi connectivity index (χ1n) is 5.90. The molecule has 3 nitrogen and oxygen atoms in total. The lowest BCUT2D eigenvalue weighted by molar-refractivity contribution is 0.590. The van der Waals surface area contributed by atoms with Crippen molar-refractivity contribution >= 4 is 17.0 Å². The number of hydrogen-bond acceptors (Lipinski definition) is 2. The number of rotatable bonds is 2. The van der Waals surface area contributed by atoms with E-state index in [4.69, 9.17) is 5.73 Å². The number of imidazole rings is 1. The van der Waals surface area contributed by atoms with E-state index in [0.717, 1.165) is 11.6 Å². The Hall–Kier alpha value is -2.50. The number of benzene rings is 2. The quantitative estimate of drug-likeness (QED) is 0.782. The summed E-state index contributed by atoms with van der Waals surface area (Å²) in [5.74, 6) is -1.73. The lowest BCUT2D eigenvalue weighted by atomic mass is 10.2. The Kier molecular flexibility index (Phi) is 2.85. The van der Waals surface area contributed by atoms with Crippen molar-refractivity contribution in [3.63, 3.8) is 0 Å². The van der Waals surface area contributed by atoms with Crippen LogP contribution in [0.15, 0.2) is 36.4 Å². The van der Waals surface area contributed by atoms with Gasteiger partial charge in [-0.15, -0.1) is 0 Å². The fraction of sp³-hybridized carbons (Fsp3) is 0.0714. The molecule has 0 spiro atoms. The maximum absolute atomic E-state index is 13.6. The summed E-state index contributed by atoms with van der Waals surface area (Å²) >= 11 is 0. The van der Waals surface area contributed by atoms with Gasteiger partial charge in [-0.1, -0.05) is 12.1 Å². The van der Waals surface area contributed by atoms with E-state index in [1.54, 1.807) is 12.1 Å². The molecule has 0 bridgehead atoms. The number of anilines is 1. The van der Waals surface area contributed by atoms with Gasteiger partial charge in [-0.3, -0.25) is 0 Å². The summed E-state index contributed by atoms with van der Waals surface area (Å²) in [6.45, 7) is 0.255. The molecule has 3 aromatic rings. The Labute approximate surface area is 112 Å². The number of aromatic nitrogens is 2. The van der Waals surface area contributed by atoms with Crippen LogP contribution in [-0.2, 0) is 6.54 Å². The topological polar surface area (TPSA) is 43.8 Å². The lowest BCUT2D eigenvalue weighted by Gasteiger charge is -2.06. The fourth-order valence-electron chi connectivity index (χ4n) is 2.11. The highest BCUT2D eigenvalue weighted by atomic mass is 19.1. The van der Waals surface area contributed by atoms with E-state index in [1.807, 2.05) is 0 Å². The minimum Gasteiger partial charge on any atom is -0.369 e. The minimum atomic E-state index is -0.760. The molecular formula is C14H10F3N3. The third-order valence-electron chi connectivity index (χ3n) is 3.06. The largest absolute Gasteiger partial charge is 0.369 e. The summed E-state index contributed by atoms with van der Waals surface area (Å²) in [5, 5.41) is 0. The van der Waals surface area contributed by atoms with Gasteiger partial charge in [-0.25, -0.2) is 18.2 Å². The van der Waals surface area contributed by atoms with Crippen LogP contribution in [0, 0.1) is 17.5 Å². The average Bonchev–Trinajstić information content (AvgIpc) is 2.70. The third-order valence-corrected chi connectivity index (χ3v) is 3.06. The third kappa shape index (κ3) is 2.09. The summed E-state index contributed by atoms with van der Waals surface area (Å²) < 4.78 is 41.3. The lowest BCUT2D eigenvalue weighted by Crippen LogP contribution is -2.04. The number of nitrogens with zero attached hydrogens (tertiary/aromatic N) is 2. The molecule has 2 aromatic carbocycles. The number of halogens is 3. The Morgan fingerprint density at radius 3 is 2.40 bits per heavy atom. The molecule has 0 aliphatic carbocycles. The first kappa shape index (κ1) is 12.5. The van der Waals surface area contributed by atoms with Crippen molar-refractivity contribution < 1.29 is 13.2 Å². The molecule has 0 atom stereocenters. The molecule has 0 unspecified atom stereocenters. The molecule has 0 amide bonds. The van der Waals surface area contributed by atoms with Crippen molar-refractivity contribution in [1.29, 1.82) is 0 Å². The maximum Gasteiger partial charge on any atom is 0.201 e. The normalized spacial score (nSPS) is 11.2. The van der Waals surface area contributed by atoms with E-state index in [0.29, 0.717) is 0 Å². The molecule has 1 aromatic heterocycles. The molecule has 3 rings (SSSR count). The van der Waals surface area contributed by atoms with E-state index in [1.165, 1.54) is 22.8 Å². The van der Waals surface area contributed by atoms with Crippen molar-refractivity contribution in [3.05, 3.63) is 59.4 Å². The van der Waals surface area contributed by atoms with E-state index < -0.39 is 11.6 Å². The highest BCUT2D eigenvalue weighted by Gasteiger charge is 2.14. The predicted octanol–water partition coefficient (Wildman–Crippen LogP) is 3.08. The van der Waals surface area contributed by atoms with Gasteiger partial charge < -0.3 is 10.3 Å². The van der Waals surface area contributed by atoms with Gasteiger partial charge in [0.2, 0.25) is 5.95 Å². The van der Waals surface area contributed by atoms with Crippen molar-refractivity contribution in [2.24, 2.45) is 0 Å². The van der Waals surface area contributed by atoms with Crippen LogP contribution in [0.4, 0.5) is 19.1 Å². The monoisotopic (exact) mass is 277 g/mol. The zero-order chi connectivity index (χ0) is 14.3. The molecular weight excluding hydrogens is 267 g/mol. The van der Waals surface area contributed by atoms with Crippen molar-refractivity contribution in [3.8, 4) is 0 Å². The van der Waals surface area contributed by atoms with E-state index in [2.05, 4.69) is 4.98 Å². The van der Waals surface area contributed by atoms with Crippen LogP contribution in [0.3, 0.4) is 0 Å². The minimum absolute atomic E-state index is 0.0195. The molecule has 0 aliphatic rings. The number of hydrogen-bond donors (Lipinski definition) is 1. The standard InChI is InChI=1S/C14H10F3N3/c15-9-3-1-8(2-4-9)7-20-12-6-10(16)5-11(17)13(12)19-14(20)18/h1-6H,7H2,(H2,18,19). The van der Waals surface area contributed by atoms with Gasteiger partial charge in [-0.05, 0) is 17.7 Å². The van der Waals surface area contributed by atoms with Crippen LogP contribution >= 0.6 is 0 Å². The van der Waals surface area contributed by atoms with Crippen molar-refractivity contribution in [1.82, 2.24) is 9.55 Å². The first-order chi connectivity index (χ1) is 9.54. The molecule has 0 fully saturated rings. The van der Waals surface area contributed by atoms with E-state index in [9.17, 15) is 13.2 Å². The Balaban J connectivity index is 2.11. The van der Waals surface area contributed by atoms with E-state index in [-0.39, 0.29) is 29.3 Å². The second-order valence-corrected chi connectivity index (χ2v) is 4.44. The van der Waals surface area contributed by atoms with Gasteiger partial charge in [0, 0.05) is 12.1 Å².